The molecule has 8 nitrogen and oxygen atoms in total. The van der Waals surface area contributed by atoms with Gasteiger partial charge in [0.05, 0.1) is 19.3 Å². The fourth-order valence-electron chi connectivity index (χ4n) is 5.69. The highest BCUT2D eigenvalue weighted by Crippen LogP contribution is 2.34. The highest BCUT2D eigenvalue weighted by atomic mass is 15.4. The van der Waals surface area contributed by atoms with Crippen molar-refractivity contribution in [3.8, 4) is 0 Å². The summed E-state index contributed by atoms with van der Waals surface area (Å²) in [6.07, 6.45) is 4.51. The van der Waals surface area contributed by atoms with Gasteiger partial charge in [-0.15, -0.1) is 0 Å². The molecular formula is C36H54N8. The van der Waals surface area contributed by atoms with Gasteiger partial charge in [-0.25, -0.2) is 0 Å². The Balaban J connectivity index is 0.000000417. The van der Waals surface area contributed by atoms with Crippen LogP contribution in [0.3, 0.4) is 0 Å². The first-order valence-electron chi connectivity index (χ1n) is 15.8. The van der Waals surface area contributed by atoms with Crippen molar-refractivity contribution in [2.45, 2.75) is 32.5 Å². The average Bonchev–Trinajstić information content (AvgIpc) is 3.50. The molecule has 2 unspecified atom stereocenters. The van der Waals surface area contributed by atoms with E-state index >= 15 is 0 Å². The molecular weight excluding hydrogens is 544 g/mol. The molecule has 2 atom stereocenters. The maximum atomic E-state index is 5.27. The fraction of sp³-hybridized carbons (Fsp3) is 0.444. The summed E-state index contributed by atoms with van der Waals surface area (Å²) in [5.74, 6) is 0. The van der Waals surface area contributed by atoms with E-state index in [2.05, 4.69) is 105 Å². The third-order valence-corrected chi connectivity index (χ3v) is 7.86. The molecule has 1 fully saturated rings. The first-order valence-corrected chi connectivity index (χ1v) is 15.8. The predicted molar refractivity (Wildman–Crippen MR) is 188 cm³/mol. The van der Waals surface area contributed by atoms with Gasteiger partial charge in [0, 0.05) is 76.9 Å². The van der Waals surface area contributed by atoms with Crippen LogP contribution in [0.25, 0.3) is 0 Å². The largest absolute Gasteiger partial charge is 0.329 e. The molecule has 0 aliphatic carbocycles. The van der Waals surface area contributed by atoms with Gasteiger partial charge in [-0.2, -0.15) is 0 Å². The van der Waals surface area contributed by atoms with Gasteiger partial charge in [0.2, 0.25) is 0 Å². The van der Waals surface area contributed by atoms with Gasteiger partial charge in [-0.1, -0.05) is 98.4 Å². The summed E-state index contributed by atoms with van der Waals surface area (Å²) in [7, 11) is 0. The monoisotopic (exact) mass is 598 g/mol. The van der Waals surface area contributed by atoms with Crippen LogP contribution in [-0.4, -0.2) is 99.8 Å². The minimum absolute atomic E-state index is 0. The van der Waals surface area contributed by atoms with E-state index in [0.29, 0.717) is 25.3 Å². The van der Waals surface area contributed by atoms with Gasteiger partial charge in [-0.3, -0.25) is 19.8 Å². The highest BCUT2D eigenvalue weighted by molar-refractivity contribution is 6.00. The van der Waals surface area contributed by atoms with Crippen molar-refractivity contribution in [3.63, 3.8) is 0 Å². The van der Waals surface area contributed by atoms with E-state index in [1.165, 1.54) is 16.8 Å². The first-order chi connectivity index (χ1) is 21.3. The number of rotatable bonds is 14. The van der Waals surface area contributed by atoms with Gasteiger partial charge in [-0.05, 0) is 29.5 Å². The second-order valence-electron chi connectivity index (χ2n) is 10.9. The van der Waals surface area contributed by atoms with Crippen molar-refractivity contribution < 1.29 is 0 Å². The maximum Gasteiger partial charge on any atom is 0.0890 e. The van der Waals surface area contributed by atoms with Crippen molar-refractivity contribution in [1.29, 1.82) is 0 Å². The molecule has 5 rings (SSSR count). The molecule has 238 valence electrons. The second-order valence-corrected chi connectivity index (χ2v) is 10.9. The van der Waals surface area contributed by atoms with E-state index in [1.807, 2.05) is 12.3 Å². The van der Waals surface area contributed by atoms with E-state index < -0.39 is 0 Å². The van der Waals surface area contributed by atoms with Crippen LogP contribution in [0.5, 0.6) is 0 Å². The molecule has 2 aliphatic rings. The van der Waals surface area contributed by atoms with Gasteiger partial charge in [0.1, 0.15) is 0 Å². The maximum absolute atomic E-state index is 5.27. The second kappa shape index (κ2) is 20.7. The summed E-state index contributed by atoms with van der Waals surface area (Å²) >= 11 is 0. The fourth-order valence-corrected chi connectivity index (χ4v) is 5.69. The van der Waals surface area contributed by atoms with E-state index in [-0.39, 0.29) is 7.43 Å². The molecule has 0 saturated carbocycles. The SMILES string of the molecule is C.C(=NCCN1CCN(C2CCC(c3ccccc3)=NC2)C1c1ccccc1)c1ccccc1.NCCNCCNCCN. The summed E-state index contributed by atoms with van der Waals surface area (Å²) < 4.78 is 0. The molecule has 8 heteroatoms. The van der Waals surface area contributed by atoms with Gasteiger partial charge in [0.25, 0.3) is 0 Å². The van der Waals surface area contributed by atoms with E-state index in [1.54, 1.807) is 0 Å². The molecule has 1 saturated heterocycles. The molecule has 0 radical (unpaired) electrons. The Kier molecular flexibility index (Phi) is 16.6. The molecule has 0 spiro atoms. The smallest absolute Gasteiger partial charge is 0.0890 e. The van der Waals surface area contributed by atoms with Crippen LogP contribution in [-0.2, 0) is 0 Å². The Morgan fingerprint density at radius 1 is 0.795 bits per heavy atom. The van der Waals surface area contributed by atoms with E-state index in [4.69, 9.17) is 21.5 Å². The standard InChI is InChI=1S/C29H32N4.C6H18N4.CH4/c1-4-10-24(11-5-1)22-30-18-19-32-20-21-33(29(32)26-14-8-3-9-15-26)27-16-17-28(31-23-27)25-12-6-2-7-13-25;7-1-3-9-5-6-10-4-2-8;/h1-15,22,27,29H,16-21,23H2;9-10H,1-8H2;1H4. The lowest BCUT2D eigenvalue weighted by Gasteiger charge is -2.37. The van der Waals surface area contributed by atoms with Gasteiger partial charge >= 0.3 is 0 Å². The van der Waals surface area contributed by atoms with E-state index in [0.717, 1.165) is 77.3 Å². The van der Waals surface area contributed by atoms with Crippen molar-refractivity contribution in [1.82, 2.24) is 20.4 Å². The van der Waals surface area contributed by atoms with Crippen LogP contribution >= 0.6 is 0 Å². The Labute approximate surface area is 265 Å². The van der Waals surface area contributed by atoms with Crippen molar-refractivity contribution in [2.75, 3.05) is 72.0 Å². The molecule has 6 N–H and O–H groups in total. The Bertz CT molecular complexity index is 1190. The van der Waals surface area contributed by atoms with Crippen LogP contribution in [0.1, 0.15) is 43.1 Å². The number of hydrogen-bond acceptors (Lipinski definition) is 8. The number of hydrogen-bond donors (Lipinski definition) is 4. The third kappa shape index (κ3) is 11.4. The van der Waals surface area contributed by atoms with Crippen LogP contribution in [0, 0.1) is 0 Å². The lowest BCUT2D eigenvalue weighted by molar-refractivity contribution is 0.0974. The summed E-state index contributed by atoms with van der Waals surface area (Å²) in [6.45, 7) is 9.96. The van der Waals surface area contributed by atoms with Crippen LogP contribution in [0.15, 0.2) is 101 Å². The molecule has 44 heavy (non-hydrogen) atoms. The minimum Gasteiger partial charge on any atom is -0.329 e. The highest BCUT2D eigenvalue weighted by Gasteiger charge is 2.37. The number of nitrogens with two attached hydrogens (primary N) is 2. The number of benzene rings is 3. The molecule has 0 bridgehead atoms. The molecule has 0 amide bonds. The zero-order chi connectivity index (χ0) is 30.0. The zero-order valence-electron chi connectivity index (χ0n) is 25.5. The predicted octanol–water partition coefficient (Wildman–Crippen LogP) is 3.79. The first kappa shape index (κ1) is 35.2. The zero-order valence-corrected chi connectivity index (χ0v) is 25.5. The number of nitrogens with one attached hydrogen (secondary N) is 2. The van der Waals surface area contributed by atoms with Gasteiger partial charge < -0.3 is 22.1 Å². The van der Waals surface area contributed by atoms with Crippen LogP contribution in [0.4, 0.5) is 0 Å². The third-order valence-electron chi connectivity index (χ3n) is 7.86. The molecule has 3 aromatic rings. The Morgan fingerprint density at radius 2 is 1.41 bits per heavy atom. The number of nitrogens with zero attached hydrogens (tertiary/aromatic N) is 4. The summed E-state index contributed by atoms with van der Waals surface area (Å²) in [5.41, 5.74) is 15.6. The Hall–Kier alpha value is -3.24. The van der Waals surface area contributed by atoms with Crippen LogP contribution in [0.2, 0.25) is 0 Å². The van der Waals surface area contributed by atoms with Crippen molar-refractivity contribution in [2.24, 2.45) is 21.5 Å². The molecule has 0 aromatic heterocycles. The van der Waals surface area contributed by atoms with Crippen molar-refractivity contribution in [3.05, 3.63) is 108 Å². The molecule has 3 aromatic carbocycles. The van der Waals surface area contributed by atoms with Crippen LogP contribution < -0.4 is 22.1 Å². The Morgan fingerprint density at radius 3 is 2.00 bits per heavy atom. The van der Waals surface area contributed by atoms with Gasteiger partial charge in [0.15, 0.2) is 0 Å². The van der Waals surface area contributed by atoms with Crippen molar-refractivity contribution >= 4 is 11.9 Å². The summed E-state index contributed by atoms with van der Waals surface area (Å²) in [6, 6.07) is 32.4. The van der Waals surface area contributed by atoms with E-state index in [9.17, 15) is 0 Å². The number of aliphatic imine (C=N–C) groups is 2. The topological polar surface area (TPSA) is 107 Å². The average molecular weight is 599 g/mol. The summed E-state index contributed by atoms with van der Waals surface area (Å²) in [5, 5.41) is 6.33. The minimum atomic E-state index is 0. The lowest BCUT2D eigenvalue weighted by atomic mass is 9.97. The molecule has 2 heterocycles. The molecule has 2 aliphatic heterocycles. The lowest BCUT2D eigenvalue weighted by Crippen LogP contribution is -2.42. The quantitative estimate of drug-likeness (QED) is 0.166. The normalized spacial score (nSPS) is 18.8. The summed E-state index contributed by atoms with van der Waals surface area (Å²) in [4.78, 5) is 15.0.